The zero-order chi connectivity index (χ0) is 10.1. The quantitative estimate of drug-likeness (QED) is 0.808. The van der Waals surface area contributed by atoms with Crippen molar-refractivity contribution < 1.29 is 4.74 Å². The fraction of sp³-hybridized carbons (Fsp3) is 0.400. The fourth-order valence-electron chi connectivity index (χ4n) is 1.57. The lowest BCUT2D eigenvalue weighted by molar-refractivity contribution is 0.414. The van der Waals surface area contributed by atoms with E-state index in [1.807, 2.05) is 12.1 Å². The number of hydrogen-bond donors (Lipinski definition) is 1. The molecule has 76 valence electrons. The molecule has 1 aromatic carbocycles. The van der Waals surface area contributed by atoms with E-state index in [2.05, 4.69) is 4.90 Å². The minimum absolute atomic E-state index is 0.292. The van der Waals surface area contributed by atoms with E-state index in [0.29, 0.717) is 11.1 Å². The molecule has 2 rings (SSSR count). The highest BCUT2D eigenvalue weighted by Crippen LogP contribution is 2.29. The van der Waals surface area contributed by atoms with Crippen LogP contribution in [-0.4, -0.2) is 26.2 Å². The molecule has 0 spiro atoms. The van der Waals surface area contributed by atoms with Crippen molar-refractivity contribution in [2.75, 3.05) is 25.1 Å². The van der Waals surface area contributed by atoms with E-state index in [1.54, 1.807) is 13.2 Å². The molecular weight excluding hydrogens is 200 g/mol. The van der Waals surface area contributed by atoms with E-state index in [-0.39, 0.29) is 0 Å². The van der Waals surface area contributed by atoms with Crippen molar-refractivity contribution in [3.8, 4) is 5.75 Å². The normalized spacial score (nSPS) is 16.6. The maximum absolute atomic E-state index is 5.95. The summed E-state index contributed by atoms with van der Waals surface area (Å²) in [6, 6.07) is 5.98. The molecule has 0 aromatic heterocycles. The van der Waals surface area contributed by atoms with Crippen molar-refractivity contribution in [1.29, 1.82) is 0 Å². The minimum atomic E-state index is 0.292. The van der Waals surface area contributed by atoms with Gasteiger partial charge in [-0.3, -0.25) is 0 Å². The predicted molar refractivity (Wildman–Crippen MR) is 58.2 cm³/mol. The molecule has 0 aliphatic carbocycles. The second-order valence-corrected chi connectivity index (χ2v) is 3.95. The van der Waals surface area contributed by atoms with E-state index >= 15 is 0 Å². The highest BCUT2D eigenvalue weighted by molar-refractivity contribution is 6.31. The van der Waals surface area contributed by atoms with Crippen LogP contribution < -0.4 is 15.4 Å². The van der Waals surface area contributed by atoms with Gasteiger partial charge in [0.1, 0.15) is 5.75 Å². The molecule has 1 aliphatic heterocycles. The van der Waals surface area contributed by atoms with Crippen LogP contribution in [0.25, 0.3) is 0 Å². The molecule has 0 atom stereocenters. The van der Waals surface area contributed by atoms with E-state index in [0.717, 1.165) is 24.5 Å². The van der Waals surface area contributed by atoms with Crippen LogP contribution in [0, 0.1) is 0 Å². The molecule has 1 aliphatic rings. The zero-order valence-corrected chi connectivity index (χ0v) is 8.79. The number of benzene rings is 1. The molecule has 1 fully saturated rings. The summed E-state index contributed by atoms with van der Waals surface area (Å²) in [6.45, 7) is 1.78. The molecule has 0 unspecified atom stereocenters. The molecule has 3 nitrogen and oxygen atoms in total. The van der Waals surface area contributed by atoms with Crippen LogP contribution in [-0.2, 0) is 0 Å². The Balaban J connectivity index is 2.21. The molecule has 1 saturated heterocycles. The number of ether oxygens (including phenoxy) is 1. The summed E-state index contributed by atoms with van der Waals surface area (Å²) in [4.78, 5) is 2.18. The third-order valence-corrected chi connectivity index (χ3v) is 2.58. The van der Waals surface area contributed by atoms with Crippen LogP contribution >= 0.6 is 11.6 Å². The van der Waals surface area contributed by atoms with Crippen molar-refractivity contribution in [1.82, 2.24) is 0 Å². The summed E-state index contributed by atoms with van der Waals surface area (Å²) >= 11 is 5.95. The van der Waals surface area contributed by atoms with Gasteiger partial charge in [-0.05, 0) is 12.1 Å². The number of hydrogen-bond acceptors (Lipinski definition) is 3. The highest BCUT2D eigenvalue weighted by atomic mass is 35.5. The number of nitrogens with zero attached hydrogens (tertiary/aromatic N) is 1. The smallest absolute Gasteiger partial charge is 0.122 e. The summed E-state index contributed by atoms with van der Waals surface area (Å²) in [6.07, 6.45) is 0. The van der Waals surface area contributed by atoms with Gasteiger partial charge in [0.05, 0.1) is 7.11 Å². The lowest BCUT2D eigenvalue weighted by Crippen LogP contribution is -2.55. The molecule has 4 heteroatoms. The van der Waals surface area contributed by atoms with Gasteiger partial charge in [-0.25, -0.2) is 0 Å². The number of nitrogens with two attached hydrogens (primary N) is 1. The molecular formula is C10H13ClN2O. The van der Waals surface area contributed by atoms with Gasteiger partial charge in [-0.2, -0.15) is 0 Å². The number of rotatable bonds is 2. The largest absolute Gasteiger partial charge is 0.497 e. The van der Waals surface area contributed by atoms with Crippen molar-refractivity contribution in [3.05, 3.63) is 23.2 Å². The Labute approximate surface area is 88.4 Å². The topological polar surface area (TPSA) is 38.5 Å². The van der Waals surface area contributed by atoms with Crippen LogP contribution in [0.15, 0.2) is 18.2 Å². The van der Waals surface area contributed by atoms with E-state index < -0.39 is 0 Å². The van der Waals surface area contributed by atoms with Crippen LogP contribution in [0.3, 0.4) is 0 Å². The molecule has 0 radical (unpaired) electrons. The van der Waals surface area contributed by atoms with Gasteiger partial charge >= 0.3 is 0 Å². The molecule has 0 bridgehead atoms. The monoisotopic (exact) mass is 212 g/mol. The third-order valence-electron chi connectivity index (χ3n) is 2.37. The molecule has 14 heavy (non-hydrogen) atoms. The van der Waals surface area contributed by atoms with Crippen LogP contribution in [0.5, 0.6) is 5.75 Å². The van der Waals surface area contributed by atoms with E-state index in [4.69, 9.17) is 22.1 Å². The maximum Gasteiger partial charge on any atom is 0.122 e. The Kier molecular flexibility index (Phi) is 2.52. The maximum atomic E-state index is 5.95. The van der Waals surface area contributed by atoms with Gasteiger partial charge in [-0.15, -0.1) is 0 Å². The Bertz CT molecular complexity index is 337. The lowest BCUT2D eigenvalue weighted by atomic mass is 10.1. The Morgan fingerprint density at radius 1 is 1.43 bits per heavy atom. The summed E-state index contributed by atoms with van der Waals surface area (Å²) in [5.74, 6) is 0.785. The first-order valence-corrected chi connectivity index (χ1v) is 4.92. The zero-order valence-electron chi connectivity index (χ0n) is 8.03. The molecule has 1 aromatic rings. The van der Waals surface area contributed by atoms with Crippen molar-refractivity contribution >= 4 is 17.3 Å². The van der Waals surface area contributed by atoms with Crippen molar-refractivity contribution in [3.63, 3.8) is 0 Å². The average molecular weight is 213 g/mol. The van der Waals surface area contributed by atoms with Crippen LogP contribution in [0.2, 0.25) is 5.02 Å². The number of anilines is 1. The second-order valence-electron chi connectivity index (χ2n) is 3.51. The number of halogens is 1. The summed E-state index contributed by atoms with van der Waals surface area (Å²) in [5, 5.41) is 0.694. The molecule has 0 saturated carbocycles. The average Bonchev–Trinajstić information content (AvgIpc) is 2.12. The second kappa shape index (κ2) is 3.67. The Morgan fingerprint density at radius 3 is 2.71 bits per heavy atom. The van der Waals surface area contributed by atoms with E-state index in [9.17, 15) is 0 Å². The first-order chi connectivity index (χ1) is 6.69. The SMILES string of the molecule is COc1cc(Cl)cc(N2CC(N)C2)c1. The Morgan fingerprint density at radius 2 is 2.14 bits per heavy atom. The van der Waals surface area contributed by atoms with E-state index in [1.165, 1.54) is 0 Å². The summed E-state index contributed by atoms with van der Waals surface area (Å²) in [7, 11) is 1.64. The van der Waals surface area contributed by atoms with Crippen LogP contribution in [0.4, 0.5) is 5.69 Å². The molecule has 2 N–H and O–H groups in total. The molecule has 0 amide bonds. The van der Waals surface area contributed by atoms with Gasteiger partial charge in [0, 0.05) is 35.9 Å². The Hall–Kier alpha value is -0.930. The fourth-order valence-corrected chi connectivity index (χ4v) is 1.79. The van der Waals surface area contributed by atoms with Crippen molar-refractivity contribution in [2.24, 2.45) is 5.73 Å². The van der Waals surface area contributed by atoms with Gasteiger partial charge < -0.3 is 15.4 Å². The van der Waals surface area contributed by atoms with Gasteiger partial charge in [0.15, 0.2) is 0 Å². The first kappa shape index (κ1) is 9.62. The highest BCUT2D eigenvalue weighted by Gasteiger charge is 2.23. The van der Waals surface area contributed by atoms with Gasteiger partial charge in [0.2, 0.25) is 0 Å². The predicted octanol–water partition coefficient (Wildman–Crippen LogP) is 1.50. The molecule has 1 heterocycles. The summed E-state index contributed by atoms with van der Waals surface area (Å²) < 4.78 is 5.14. The summed E-state index contributed by atoms with van der Waals surface area (Å²) in [5.41, 5.74) is 6.79. The standard InChI is InChI=1S/C10H13ClN2O/c1-14-10-3-7(11)2-9(4-10)13-5-8(12)6-13/h2-4,8H,5-6,12H2,1H3. The minimum Gasteiger partial charge on any atom is -0.497 e. The van der Waals surface area contributed by atoms with Crippen molar-refractivity contribution in [2.45, 2.75) is 6.04 Å². The van der Waals surface area contributed by atoms with Gasteiger partial charge in [0.25, 0.3) is 0 Å². The third kappa shape index (κ3) is 1.79. The van der Waals surface area contributed by atoms with Gasteiger partial charge in [-0.1, -0.05) is 11.6 Å². The number of methoxy groups -OCH3 is 1. The first-order valence-electron chi connectivity index (χ1n) is 4.54. The van der Waals surface area contributed by atoms with Crippen LogP contribution in [0.1, 0.15) is 0 Å². The lowest BCUT2D eigenvalue weighted by Gasteiger charge is -2.39.